The van der Waals surface area contributed by atoms with Crippen molar-refractivity contribution in [2.24, 2.45) is 0 Å². The minimum Gasteiger partial charge on any atom is -0.361 e. The Morgan fingerprint density at radius 3 is 2.29 bits per heavy atom. The van der Waals surface area contributed by atoms with Gasteiger partial charge in [0, 0.05) is 34.8 Å². The molecule has 0 radical (unpaired) electrons. The van der Waals surface area contributed by atoms with E-state index in [1.54, 1.807) is 36.4 Å². The number of para-hydroxylation sites is 1. The van der Waals surface area contributed by atoms with E-state index in [0.717, 1.165) is 16.5 Å². The highest BCUT2D eigenvalue weighted by molar-refractivity contribution is 6.15. The molecule has 0 atom stereocenters. The Hall–Kier alpha value is -3.66. The van der Waals surface area contributed by atoms with Crippen molar-refractivity contribution < 1.29 is 9.59 Å². The summed E-state index contributed by atoms with van der Waals surface area (Å²) < 4.78 is 0. The third kappa shape index (κ3) is 3.58. The molecule has 1 heterocycles. The number of fused-ring (bicyclic) bond motifs is 1. The zero-order valence-electron chi connectivity index (χ0n) is 15.3. The van der Waals surface area contributed by atoms with E-state index >= 15 is 0 Å². The second kappa shape index (κ2) is 7.92. The largest absolute Gasteiger partial charge is 0.361 e. The van der Waals surface area contributed by atoms with Crippen molar-refractivity contribution in [1.29, 1.82) is 0 Å². The van der Waals surface area contributed by atoms with E-state index in [1.165, 1.54) is 0 Å². The average molecular weight is 368 g/mol. The number of nitrogens with one attached hydrogen (secondary N) is 2. The summed E-state index contributed by atoms with van der Waals surface area (Å²) in [6, 6.07) is 24.0. The van der Waals surface area contributed by atoms with E-state index in [4.69, 9.17) is 0 Å². The van der Waals surface area contributed by atoms with Gasteiger partial charge < -0.3 is 10.3 Å². The first-order valence-corrected chi connectivity index (χ1v) is 9.26. The Labute approximate surface area is 163 Å². The summed E-state index contributed by atoms with van der Waals surface area (Å²) in [5, 5.41) is 4.11. The van der Waals surface area contributed by atoms with Gasteiger partial charge in [-0.25, -0.2) is 0 Å². The first kappa shape index (κ1) is 17.7. The van der Waals surface area contributed by atoms with Crippen molar-refractivity contribution in [3.05, 3.63) is 107 Å². The van der Waals surface area contributed by atoms with Gasteiger partial charge in [-0.15, -0.1) is 0 Å². The van der Waals surface area contributed by atoms with Gasteiger partial charge in [-0.1, -0.05) is 66.7 Å². The molecule has 0 unspecified atom stereocenters. The second-order valence-corrected chi connectivity index (χ2v) is 6.61. The molecule has 138 valence electrons. The van der Waals surface area contributed by atoms with Gasteiger partial charge in [0.25, 0.3) is 5.91 Å². The van der Waals surface area contributed by atoms with Crippen LogP contribution >= 0.6 is 0 Å². The zero-order valence-corrected chi connectivity index (χ0v) is 15.3. The molecule has 3 aromatic carbocycles. The van der Waals surface area contributed by atoms with Gasteiger partial charge in [0.1, 0.15) is 0 Å². The summed E-state index contributed by atoms with van der Waals surface area (Å²) in [4.78, 5) is 28.8. The van der Waals surface area contributed by atoms with Crippen LogP contribution < -0.4 is 5.32 Å². The van der Waals surface area contributed by atoms with Crippen LogP contribution in [-0.4, -0.2) is 23.2 Å². The molecule has 0 saturated carbocycles. The standard InChI is InChI=1S/C24H20N2O2/c27-23(17-8-2-1-3-9-17)20-11-4-5-12-21(20)24(28)25-15-14-18-16-26-22-13-7-6-10-19(18)22/h1-13,16,26H,14-15H2,(H,25,28). The van der Waals surface area contributed by atoms with E-state index in [9.17, 15) is 9.59 Å². The number of ketones is 1. The first-order chi connectivity index (χ1) is 13.7. The van der Waals surface area contributed by atoms with E-state index in [2.05, 4.69) is 16.4 Å². The number of aromatic amines is 1. The molecule has 0 aliphatic heterocycles. The molecule has 28 heavy (non-hydrogen) atoms. The van der Waals surface area contributed by atoms with Crippen LogP contribution in [0.3, 0.4) is 0 Å². The summed E-state index contributed by atoms with van der Waals surface area (Å²) in [6.07, 6.45) is 2.69. The molecule has 0 bridgehead atoms. The Bertz CT molecular complexity index is 1130. The van der Waals surface area contributed by atoms with Gasteiger partial charge in [0.15, 0.2) is 5.78 Å². The van der Waals surface area contributed by atoms with Crippen LogP contribution in [0, 0.1) is 0 Å². The van der Waals surface area contributed by atoms with Crippen molar-refractivity contribution in [1.82, 2.24) is 10.3 Å². The predicted molar refractivity (Wildman–Crippen MR) is 111 cm³/mol. The number of hydrogen-bond acceptors (Lipinski definition) is 2. The fraction of sp³-hybridized carbons (Fsp3) is 0.0833. The topological polar surface area (TPSA) is 62.0 Å². The number of H-pyrrole nitrogens is 1. The van der Waals surface area contributed by atoms with Gasteiger partial charge in [0.05, 0.1) is 5.56 Å². The van der Waals surface area contributed by atoms with Gasteiger partial charge in [0.2, 0.25) is 0 Å². The fourth-order valence-corrected chi connectivity index (χ4v) is 3.37. The number of hydrogen-bond donors (Lipinski definition) is 2. The Kier molecular flexibility index (Phi) is 5.02. The van der Waals surface area contributed by atoms with Crippen LogP contribution in [0.5, 0.6) is 0 Å². The van der Waals surface area contributed by atoms with Crippen LogP contribution in [-0.2, 0) is 6.42 Å². The van der Waals surface area contributed by atoms with Crippen LogP contribution in [0.15, 0.2) is 85.1 Å². The maximum Gasteiger partial charge on any atom is 0.252 e. The number of carbonyl (C=O) groups excluding carboxylic acids is 2. The second-order valence-electron chi connectivity index (χ2n) is 6.61. The van der Waals surface area contributed by atoms with Gasteiger partial charge >= 0.3 is 0 Å². The van der Waals surface area contributed by atoms with Crippen LogP contribution in [0.25, 0.3) is 10.9 Å². The van der Waals surface area contributed by atoms with Crippen molar-refractivity contribution >= 4 is 22.6 Å². The summed E-state index contributed by atoms with van der Waals surface area (Å²) in [6.45, 7) is 0.495. The molecule has 4 heteroatoms. The monoisotopic (exact) mass is 368 g/mol. The zero-order chi connectivity index (χ0) is 19.3. The lowest BCUT2D eigenvalue weighted by atomic mass is 9.98. The molecule has 1 aromatic heterocycles. The molecule has 0 aliphatic rings. The van der Waals surface area contributed by atoms with Crippen LogP contribution in [0.2, 0.25) is 0 Å². The van der Waals surface area contributed by atoms with Crippen molar-refractivity contribution in [2.75, 3.05) is 6.54 Å². The highest BCUT2D eigenvalue weighted by atomic mass is 16.2. The Morgan fingerprint density at radius 1 is 0.786 bits per heavy atom. The van der Waals surface area contributed by atoms with Gasteiger partial charge in [-0.3, -0.25) is 9.59 Å². The summed E-state index contributed by atoms with van der Waals surface area (Å²) in [5.41, 5.74) is 3.63. The van der Waals surface area contributed by atoms with Crippen LogP contribution in [0.4, 0.5) is 0 Å². The molecule has 2 N–H and O–H groups in total. The normalized spacial score (nSPS) is 10.7. The number of aromatic nitrogens is 1. The minimum atomic E-state index is -0.236. The lowest BCUT2D eigenvalue weighted by molar-refractivity contribution is 0.0942. The Balaban J connectivity index is 1.47. The predicted octanol–water partition coefficient (Wildman–Crippen LogP) is 4.37. The number of benzene rings is 3. The van der Waals surface area contributed by atoms with E-state index in [0.29, 0.717) is 29.7 Å². The molecule has 1 amide bonds. The summed E-state index contributed by atoms with van der Waals surface area (Å²) in [5.74, 6) is -0.386. The van der Waals surface area contributed by atoms with Crippen LogP contribution in [0.1, 0.15) is 31.8 Å². The first-order valence-electron chi connectivity index (χ1n) is 9.26. The molecule has 0 aliphatic carbocycles. The molecular formula is C24H20N2O2. The maximum atomic E-state index is 12.8. The fourth-order valence-electron chi connectivity index (χ4n) is 3.37. The SMILES string of the molecule is O=C(NCCc1c[nH]c2ccccc12)c1ccccc1C(=O)c1ccccc1. The van der Waals surface area contributed by atoms with E-state index < -0.39 is 0 Å². The van der Waals surface area contributed by atoms with Crippen molar-refractivity contribution in [3.8, 4) is 0 Å². The van der Waals surface area contributed by atoms with E-state index in [1.807, 2.05) is 42.6 Å². The highest BCUT2D eigenvalue weighted by Crippen LogP contribution is 2.18. The third-order valence-corrected chi connectivity index (χ3v) is 4.81. The molecule has 4 nitrogen and oxygen atoms in total. The number of carbonyl (C=O) groups is 2. The van der Waals surface area contributed by atoms with E-state index in [-0.39, 0.29) is 11.7 Å². The lowest BCUT2D eigenvalue weighted by Gasteiger charge is -2.09. The van der Waals surface area contributed by atoms with Crippen molar-refractivity contribution in [2.45, 2.75) is 6.42 Å². The summed E-state index contributed by atoms with van der Waals surface area (Å²) in [7, 11) is 0. The average Bonchev–Trinajstić information content (AvgIpc) is 3.17. The molecule has 4 aromatic rings. The number of amides is 1. The molecule has 0 saturated heterocycles. The maximum absolute atomic E-state index is 12.8. The molecule has 4 rings (SSSR count). The van der Waals surface area contributed by atoms with Gasteiger partial charge in [-0.2, -0.15) is 0 Å². The van der Waals surface area contributed by atoms with Crippen molar-refractivity contribution in [3.63, 3.8) is 0 Å². The summed E-state index contributed by atoms with van der Waals surface area (Å²) >= 11 is 0. The Morgan fingerprint density at radius 2 is 1.46 bits per heavy atom. The smallest absolute Gasteiger partial charge is 0.252 e. The van der Waals surface area contributed by atoms with Gasteiger partial charge in [-0.05, 0) is 24.1 Å². The highest BCUT2D eigenvalue weighted by Gasteiger charge is 2.17. The number of rotatable bonds is 6. The molecule has 0 spiro atoms. The molecule has 0 fully saturated rings. The molecular weight excluding hydrogens is 348 g/mol. The third-order valence-electron chi connectivity index (χ3n) is 4.81. The minimum absolute atomic E-state index is 0.150. The quantitative estimate of drug-likeness (QED) is 0.497. The lowest BCUT2D eigenvalue weighted by Crippen LogP contribution is -2.27.